The van der Waals surface area contributed by atoms with Gasteiger partial charge in [-0.05, 0) is 24.1 Å². The Morgan fingerprint density at radius 2 is 2.21 bits per heavy atom. The maximum atomic E-state index is 13.2. The predicted molar refractivity (Wildman–Crippen MR) is 52.1 cm³/mol. The lowest BCUT2D eigenvalue weighted by molar-refractivity contribution is 0.112. The molecule has 3 heteroatoms. The fourth-order valence-electron chi connectivity index (χ4n) is 0.964. The van der Waals surface area contributed by atoms with Crippen molar-refractivity contribution in [3.8, 4) is 5.75 Å². The SMILES string of the molecule is CC(C)COc1ccc(C=O)cc1F. The zero-order valence-electron chi connectivity index (χ0n) is 8.29. The van der Waals surface area contributed by atoms with Crippen LogP contribution in [0.25, 0.3) is 0 Å². The van der Waals surface area contributed by atoms with Crippen molar-refractivity contribution in [2.75, 3.05) is 6.61 Å². The van der Waals surface area contributed by atoms with E-state index < -0.39 is 5.82 Å². The topological polar surface area (TPSA) is 26.3 Å². The van der Waals surface area contributed by atoms with Crippen LogP contribution in [0.1, 0.15) is 24.2 Å². The normalized spacial score (nSPS) is 10.3. The van der Waals surface area contributed by atoms with Gasteiger partial charge in [-0.15, -0.1) is 0 Å². The summed E-state index contributed by atoms with van der Waals surface area (Å²) in [5.74, 6) is 0.0553. The summed E-state index contributed by atoms with van der Waals surface area (Å²) in [5.41, 5.74) is 0.319. The Bertz CT molecular complexity index is 321. The molecular weight excluding hydrogens is 183 g/mol. The third-order valence-electron chi connectivity index (χ3n) is 1.66. The van der Waals surface area contributed by atoms with Crippen LogP contribution in [0.2, 0.25) is 0 Å². The van der Waals surface area contributed by atoms with Crippen LogP contribution in [0.15, 0.2) is 18.2 Å². The Labute approximate surface area is 82.7 Å². The van der Waals surface area contributed by atoms with Crippen LogP contribution >= 0.6 is 0 Å². The molecule has 0 unspecified atom stereocenters. The minimum atomic E-state index is -0.491. The van der Waals surface area contributed by atoms with Gasteiger partial charge in [0.25, 0.3) is 0 Å². The van der Waals surface area contributed by atoms with Crippen molar-refractivity contribution in [3.63, 3.8) is 0 Å². The molecular formula is C11H13FO2. The molecule has 0 spiro atoms. The first kappa shape index (κ1) is 10.7. The van der Waals surface area contributed by atoms with Crippen LogP contribution in [0.5, 0.6) is 5.75 Å². The number of carbonyl (C=O) groups is 1. The van der Waals surface area contributed by atoms with E-state index in [4.69, 9.17) is 4.74 Å². The van der Waals surface area contributed by atoms with E-state index in [1.165, 1.54) is 18.2 Å². The van der Waals surface area contributed by atoms with E-state index in [1.807, 2.05) is 13.8 Å². The first-order valence-electron chi connectivity index (χ1n) is 4.51. The fourth-order valence-corrected chi connectivity index (χ4v) is 0.964. The van der Waals surface area contributed by atoms with Crippen LogP contribution in [-0.4, -0.2) is 12.9 Å². The lowest BCUT2D eigenvalue weighted by Gasteiger charge is -2.09. The minimum Gasteiger partial charge on any atom is -0.490 e. The fraction of sp³-hybridized carbons (Fsp3) is 0.364. The van der Waals surface area contributed by atoms with Gasteiger partial charge >= 0.3 is 0 Å². The molecule has 1 aromatic rings. The molecule has 1 aromatic carbocycles. The second-order valence-electron chi connectivity index (χ2n) is 3.51. The first-order valence-corrected chi connectivity index (χ1v) is 4.51. The summed E-state index contributed by atoms with van der Waals surface area (Å²) in [7, 11) is 0. The van der Waals surface area contributed by atoms with Crippen LogP contribution in [0.3, 0.4) is 0 Å². The number of carbonyl (C=O) groups excluding carboxylic acids is 1. The summed E-state index contributed by atoms with van der Waals surface area (Å²) >= 11 is 0. The Morgan fingerprint density at radius 3 is 2.71 bits per heavy atom. The van der Waals surface area contributed by atoms with Crippen LogP contribution in [-0.2, 0) is 0 Å². The van der Waals surface area contributed by atoms with E-state index in [-0.39, 0.29) is 5.75 Å². The molecule has 0 atom stereocenters. The summed E-state index contributed by atoms with van der Waals surface area (Å²) in [5, 5.41) is 0. The zero-order chi connectivity index (χ0) is 10.6. The van der Waals surface area contributed by atoms with Gasteiger partial charge in [0.05, 0.1) is 6.61 Å². The summed E-state index contributed by atoms with van der Waals surface area (Å²) in [6.07, 6.45) is 0.606. The number of hydrogen-bond donors (Lipinski definition) is 0. The number of ether oxygens (including phenoxy) is 1. The highest BCUT2D eigenvalue weighted by atomic mass is 19.1. The number of rotatable bonds is 4. The Morgan fingerprint density at radius 1 is 1.50 bits per heavy atom. The van der Waals surface area contributed by atoms with Gasteiger partial charge in [-0.1, -0.05) is 13.8 Å². The molecule has 0 saturated carbocycles. The van der Waals surface area contributed by atoms with Gasteiger partial charge in [0.15, 0.2) is 11.6 Å². The quantitative estimate of drug-likeness (QED) is 0.692. The van der Waals surface area contributed by atoms with Crippen LogP contribution < -0.4 is 4.74 Å². The molecule has 0 bridgehead atoms. The summed E-state index contributed by atoms with van der Waals surface area (Å²) in [6.45, 7) is 4.44. The lowest BCUT2D eigenvalue weighted by Crippen LogP contribution is -2.05. The molecule has 0 fully saturated rings. The Balaban J connectivity index is 2.73. The van der Waals surface area contributed by atoms with Gasteiger partial charge in [0.1, 0.15) is 6.29 Å². The molecule has 1 rings (SSSR count). The Hall–Kier alpha value is -1.38. The van der Waals surface area contributed by atoms with E-state index in [0.29, 0.717) is 24.4 Å². The molecule has 0 N–H and O–H groups in total. The number of benzene rings is 1. The first-order chi connectivity index (χ1) is 6.63. The second-order valence-corrected chi connectivity index (χ2v) is 3.51. The Kier molecular flexibility index (Phi) is 3.63. The molecule has 0 aromatic heterocycles. The number of aldehydes is 1. The van der Waals surface area contributed by atoms with Gasteiger partial charge < -0.3 is 4.74 Å². The predicted octanol–water partition coefficient (Wildman–Crippen LogP) is 2.67. The van der Waals surface area contributed by atoms with E-state index in [2.05, 4.69) is 0 Å². The average molecular weight is 196 g/mol. The summed E-state index contributed by atoms with van der Waals surface area (Å²) in [6, 6.07) is 4.18. The number of hydrogen-bond acceptors (Lipinski definition) is 2. The van der Waals surface area contributed by atoms with E-state index >= 15 is 0 Å². The maximum absolute atomic E-state index is 13.2. The molecule has 0 aliphatic rings. The monoisotopic (exact) mass is 196 g/mol. The molecule has 0 aliphatic heterocycles. The molecule has 14 heavy (non-hydrogen) atoms. The standard InChI is InChI=1S/C11H13FO2/c1-8(2)7-14-11-4-3-9(6-13)5-10(11)12/h3-6,8H,7H2,1-2H3. The van der Waals surface area contributed by atoms with Crippen molar-refractivity contribution in [1.82, 2.24) is 0 Å². The van der Waals surface area contributed by atoms with Gasteiger partial charge in [0, 0.05) is 5.56 Å². The van der Waals surface area contributed by atoms with E-state index in [9.17, 15) is 9.18 Å². The third kappa shape index (κ3) is 2.83. The van der Waals surface area contributed by atoms with Gasteiger partial charge in [-0.25, -0.2) is 4.39 Å². The molecule has 0 saturated heterocycles. The minimum absolute atomic E-state index is 0.198. The lowest BCUT2D eigenvalue weighted by atomic mass is 10.2. The van der Waals surface area contributed by atoms with Gasteiger partial charge in [-0.2, -0.15) is 0 Å². The summed E-state index contributed by atoms with van der Waals surface area (Å²) in [4.78, 5) is 10.3. The molecule has 0 amide bonds. The van der Waals surface area contributed by atoms with Crippen LogP contribution in [0, 0.1) is 11.7 Å². The smallest absolute Gasteiger partial charge is 0.165 e. The van der Waals surface area contributed by atoms with Gasteiger partial charge in [-0.3, -0.25) is 4.79 Å². The van der Waals surface area contributed by atoms with E-state index in [0.717, 1.165) is 0 Å². The second kappa shape index (κ2) is 4.74. The maximum Gasteiger partial charge on any atom is 0.165 e. The van der Waals surface area contributed by atoms with Gasteiger partial charge in [0.2, 0.25) is 0 Å². The zero-order valence-corrected chi connectivity index (χ0v) is 8.29. The molecule has 0 aliphatic carbocycles. The van der Waals surface area contributed by atoms with Crippen molar-refractivity contribution in [3.05, 3.63) is 29.6 Å². The molecule has 76 valence electrons. The van der Waals surface area contributed by atoms with Crippen molar-refractivity contribution in [2.24, 2.45) is 5.92 Å². The highest BCUT2D eigenvalue weighted by molar-refractivity contribution is 5.74. The van der Waals surface area contributed by atoms with Crippen molar-refractivity contribution >= 4 is 6.29 Å². The third-order valence-corrected chi connectivity index (χ3v) is 1.66. The largest absolute Gasteiger partial charge is 0.490 e. The summed E-state index contributed by atoms with van der Waals surface area (Å²) < 4.78 is 18.4. The highest BCUT2D eigenvalue weighted by Gasteiger charge is 2.04. The number of halogens is 1. The highest BCUT2D eigenvalue weighted by Crippen LogP contribution is 2.18. The van der Waals surface area contributed by atoms with Crippen molar-refractivity contribution < 1.29 is 13.9 Å². The van der Waals surface area contributed by atoms with Crippen molar-refractivity contribution in [1.29, 1.82) is 0 Å². The van der Waals surface area contributed by atoms with Crippen LogP contribution in [0.4, 0.5) is 4.39 Å². The average Bonchev–Trinajstić information content (AvgIpc) is 2.15. The van der Waals surface area contributed by atoms with E-state index in [1.54, 1.807) is 0 Å². The molecule has 0 radical (unpaired) electrons. The molecule has 2 nitrogen and oxygen atoms in total. The molecule has 0 heterocycles. The van der Waals surface area contributed by atoms with Crippen molar-refractivity contribution in [2.45, 2.75) is 13.8 Å².